The van der Waals surface area contributed by atoms with Crippen LogP contribution in [0.3, 0.4) is 0 Å². The van der Waals surface area contributed by atoms with Crippen LogP contribution in [-0.4, -0.2) is 22.0 Å². The molecule has 1 aliphatic heterocycles. The van der Waals surface area contributed by atoms with Crippen molar-refractivity contribution in [2.45, 2.75) is 9.65 Å². The van der Waals surface area contributed by atoms with E-state index in [0.29, 0.717) is 9.65 Å². The third-order valence-corrected chi connectivity index (χ3v) is 16.0. The fourth-order valence-corrected chi connectivity index (χ4v) is 19.8. The van der Waals surface area contributed by atoms with Crippen LogP contribution in [0, 0.1) is 0 Å². The van der Waals surface area contributed by atoms with Crippen molar-refractivity contribution in [3.05, 3.63) is 30.3 Å². The molecule has 0 bridgehead atoms. The molecular formula is C10H11Br4P. The Balaban J connectivity index is 2.42. The summed E-state index contributed by atoms with van der Waals surface area (Å²) < 4.78 is -2.03. The van der Waals surface area contributed by atoms with Gasteiger partial charge in [0.1, 0.15) is 0 Å². The van der Waals surface area contributed by atoms with Gasteiger partial charge in [0, 0.05) is 0 Å². The van der Waals surface area contributed by atoms with Gasteiger partial charge in [0.2, 0.25) is 0 Å². The van der Waals surface area contributed by atoms with Crippen LogP contribution in [0.2, 0.25) is 0 Å². The molecule has 0 nitrogen and oxygen atoms in total. The van der Waals surface area contributed by atoms with Crippen LogP contribution in [0.4, 0.5) is 0 Å². The van der Waals surface area contributed by atoms with Crippen molar-refractivity contribution in [1.82, 2.24) is 0 Å². The van der Waals surface area contributed by atoms with Crippen LogP contribution in [0.5, 0.6) is 0 Å². The van der Waals surface area contributed by atoms with E-state index >= 15 is 0 Å². The van der Waals surface area contributed by atoms with Crippen molar-refractivity contribution in [2.75, 3.05) is 12.3 Å². The van der Waals surface area contributed by atoms with Gasteiger partial charge in [-0.05, 0) is 0 Å². The van der Waals surface area contributed by atoms with Gasteiger partial charge < -0.3 is 0 Å². The molecule has 15 heavy (non-hydrogen) atoms. The average molecular weight is 482 g/mol. The van der Waals surface area contributed by atoms with Crippen LogP contribution in [0.15, 0.2) is 30.3 Å². The minimum absolute atomic E-state index is 0.536. The van der Waals surface area contributed by atoms with E-state index in [1.807, 2.05) is 0 Å². The summed E-state index contributed by atoms with van der Waals surface area (Å²) >= 11 is 15.5. The molecule has 0 spiro atoms. The SMILES string of the molecule is BrC1CP(Br)(Br)(c2ccccc2)CC1Br. The zero-order valence-electron chi connectivity index (χ0n) is 7.91. The Morgan fingerprint density at radius 1 is 0.933 bits per heavy atom. The van der Waals surface area contributed by atoms with Crippen LogP contribution in [0.1, 0.15) is 0 Å². The normalized spacial score (nSPS) is 35.6. The van der Waals surface area contributed by atoms with Crippen LogP contribution >= 0.6 is 66.8 Å². The van der Waals surface area contributed by atoms with Gasteiger partial charge in [-0.25, -0.2) is 0 Å². The van der Waals surface area contributed by atoms with E-state index in [9.17, 15) is 0 Å². The summed E-state index contributed by atoms with van der Waals surface area (Å²) in [6.45, 7) is 0. The number of hydrogen-bond donors (Lipinski definition) is 0. The molecule has 2 unspecified atom stereocenters. The number of alkyl halides is 2. The molecule has 1 saturated heterocycles. The standard InChI is InChI=1S/C10H11Br4P/c11-9-6-15(13,14,7-10(9)12)8-4-2-1-3-5-8/h1-5,9-10H,6-7H2. The Kier molecular flexibility index (Phi) is 3.77. The molecule has 1 aromatic rings. The number of hydrogen-bond acceptors (Lipinski definition) is 0. The number of halogens is 4. The molecule has 1 aromatic carbocycles. The Morgan fingerprint density at radius 3 is 1.87 bits per heavy atom. The Labute approximate surface area is 123 Å². The molecule has 1 heterocycles. The first-order chi connectivity index (χ1) is 6.91. The predicted molar refractivity (Wildman–Crippen MR) is 86.0 cm³/mol. The van der Waals surface area contributed by atoms with E-state index in [1.165, 1.54) is 5.30 Å². The predicted octanol–water partition coefficient (Wildman–Crippen LogP) is 5.03. The van der Waals surface area contributed by atoms with E-state index in [2.05, 4.69) is 93.2 Å². The molecule has 0 N–H and O–H groups in total. The molecule has 0 amide bonds. The van der Waals surface area contributed by atoms with Gasteiger partial charge in [-0.3, -0.25) is 0 Å². The van der Waals surface area contributed by atoms with E-state index in [-0.39, 0.29) is 0 Å². The van der Waals surface area contributed by atoms with Crippen molar-refractivity contribution in [3.8, 4) is 0 Å². The second kappa shape index (κ2) is 4.35. The zero-order valence-corrected chi connectivity index (χ0v) is 15.2. The summed E-state index contributed by atoms with van der Waals surface area (Å²) in [5.74, 6) is 0. The Bertz CT molecular complexity index is 351. The van der Waals surface area contributed by atoms with E-state index in [4.69, 9.17) is 0 Å². The van der Waals surface area contributed by atoms with Crippen molar-refractivity contribution >= 4 is 72.2 Å². The fourth-order valence-electron chi connectivity index (χ4n) is 1.95. The molecule has 1 fully saturated rings. The molecule has 0 saturated carbocycles. The summed E-state index contributed by atoms with van der Waals surface area (Å²) in [6.07, 6.45) is 2.29. The van der Waals surface area contributed by atoms with Gasteiger partial charge in [-0.1, -0.05) is 0 Å². The monoisotopic (exact) mass is 478 g/mol. The summed E-state index contributed by atoms with van der Waals surface area (Å²) in [6, 6.07) is 10.7. The quantitative estimate of drug-likeness (QED) is 0.390. The van der Waals surface area contributed by atoms with Crippen molar-refractivity contribution in [1.29, 1.82) is 0 Å². The third-order valence-electron chi connectivity index (χ3n) is 2.77. The van der Waals surface area contributed by atoms with E-state index in [0.717, 1.165) is 12.3 Å². The van der Waals surface area contributed by atoms with Crippen molar-refractivity contribution in [3.63, 3.8) is 0 Å². The summed E-state index contributed by atoms with van der Waals surface area (Å²) in [5.41, 5.74) is 0. The van der Waals surface area contributed by atoms with Crippen LogP contribution in [0.25, 0.3) is 0 Å². The Morgan fingerprint density at radius 2 is 1.40 bits per heavy atom. The maximum atomic E-state index is 4.03. The van der Waals surface area contributed by atoms with E-state index in [1.54, 1.807) is 0 Å². The van der Waals surface area contributed by atoms with Gasteiger partial charge >= 0.3 is 124 Å². The van der Waals surface area contributed by atoms with Crippen molar-refractivity contribution in [2.24, 2.45) is 0 Å². The van der Waals surface area contributed by atoms with Gasteiger partial charge in [0.25, 0.3) is 0 Å². The van der Waals surface area contributed by atoms with Gasteiger partial charge in [-0.2, -0.15) is 0 Å². The number of benzene rings is 1. The van der Waals surface area contributed by atoms with Gasteiger partial charge in [0.15, 0.2) is 0 Å². The molecule has 5 heteroatoms. The first-order valence-corrected chi connectivity index (χ1v) is 13.2. The topological polar surface area (TPSA) is 0 Å². The van der Waals surface area contributed by atoms with Crippen molar-refractivity contribution < 1.29 is 0 Å². The molecule has 0 radical (unpaired) electrons. The molecular weight excluding hydrogens is 471 g/mol. The molecule has 0 aromatic heterocycles. The first kappa shape index (κ1) is 13.0. The van der Waals surface area contributed by atoms with Crippen LogP contribution < -0.4 is 5.30 Å². The first-order valence-electron chi connectivity index (χ1n) is 4.69. The summed E-state index contributed by atoms with van der Waals surface area (Å²) in [4.78, 5) is 1.07. The van der Waals surface area contributed by atoms with E-state index < -0.39 is 4.01 Å². The molecule has 1 aliphatic rings. The fraction of sp³-hybridized carbons (Fsp3) is 0.400. The Hall–Kier alpha value is 1.57. The molecule has 2 atom stereocenters. The molecule has 0 aliphatic carbocycles. The minimum atomic E-state index is -2.03. The number of rotatable bonds is 1. The second-order valence-electron chi connectivity index (χ2n) is 3.98. The molecule has 84 valence electrons. The molecule has 2 rings (SSSR count). The van der Waals surface area contributed by atoms with Gasteiger partial charge in [0.05, 0.1) is 0 Å². The van der Waals surface area contributed by atoms with Crippen LogP contribution in [-0.2, 0) is 0 Å². The maximum absolute atomic E-state index is 4.03. The third kappa shape index (κ3) is 2.54. The average Bonchev–Trinajstić information content (AvgIpc) is 2.39. The zero-order chi connectivity index (χ0) is 11.1. The summed E-state index contributed by atoms with van der Waals surface area (Å²) in [7, 11) is 0. The second-order valence-corrected chi connectivity index (χ2v) is 23.2. The van der Waals surface area contributed by atoms with Gasteiger partial charge in [-0.15, -0.1) is 0 Å². The summed E-state index contributed by atoms with van der Waals surface area (Å²) in [5, 5.41) is 1.41.